The van der Waals surface area contributed by atoms with E-state index in [1.54, 1.807) is 42.5 Å². The third-order valence-electron chi connectivity index (χ3n) is 5.53. The van der Waals surface area contributed by atoms with Crippen molar-refractivity contribution in [2.24, 2.45) is 0 Å². The van der Waals surface area contributed by atoms with Crippen LogP contribution in [0, 0.1) is 13.8 Å². The first-order valence-electron chi connectivity index (χ1n) is 11.1. The molecule has 37 heavy (non-hydrogen) atoms. The lowest BCUT2D eigenvalue weighted by Crippen LogP contribution is -2.27. The second-order valence-corrected chi connectivity index (χ2v) is 10.7. The van der Waals surface area contributed by atoms with E-state index in [-0.39, 0.29) is 18.4 Å². The van der Waals surface area contributed by atoms with Gasteiger partial charge in [-0.05, 0) is 73.0 Å². The summed E-state index contributed by atoms with van der Waals surface area (Å²) in [7, 11) is 1.50. The molecule has 0 aliphatic carbocycles. The van der Waals surface area contributed by atoms with Crippen molar-refractivity contribution in [3.8, 4) is 11.5 Å². The van der Waals surface area contributed by atoms with Crippen molar-refractivity contribution < 1.29 is 19.1 Å². The summed E-state index contributed by atoms with van der Waals surface area (Å²) >= 11 is 18.9. The van der Waals surface area contributed by atoms with Crippen molar-refractivity contribution >= 4 is 80.8 Å². The number of halogens is 2. The predicted octanol–water partition coefficient (Wildman–Crippen LogP) is 7.04. The minimum atomic E-state index is -0.337. The normalized spacial score (nSPS) is 14.3. The van der Waals surface area contributed by atoms with Crippen molar-refractivity contribution in [2.75, 3.05) is 23.9 Å². The van der Waals surface area contributed by atoms with Crippen LogP contribution in [0.25, 0.3) is 6.08 Å². The van der Waals surface area contributed by atoms with Crippen LogP contribution in [-0.4, -0.2) is 29.9 Å². The van der Waals surface area contributed by atoms with E-state index in [9.17, 15) is 9.59 Å². The Bertz CT molecular complexity index is 1440. The van der Waals surface area contributed by atoms with E-state index < -0.39 is 0 Å². The summed E-state index contributed by atoms with van der Waals surface area (Å²) in [6.07, 6.45) is 1.73. The van der Waals surface area contributed by atoms with E-state index in [0.29, 0.717) is 47.7 Å². The molecule has 0 radical (unpaired) electrons. The summed E-state index contributed by atoms with van der Waals surface area (Å²) in [5, 5.41) is 3.88. The average Bonchev–Trinajstić information content (AvgIpc) is 3.14. The number of rotatable bonds is 7. The van der Waals surface area contributed by atoms with Gasteiger partial charge in [-0.2, -0.15) is 0 Å². The van der Waals surface area contributed by atoms with Crippen LogP contribution in [0.2, 0.25) is 10.0 Å². The fourth-order valence-electron chi connectivity index (χ4n) is 3.51. The summed E-state index contributed by atoms with van der Waals surface area (Å²) in [6.45, 7) is 3.54. The quantitative estimate of drug-likeness (QED) is 0.242. The molecule has 1 aliphatic heterocycles. The maximum atomic E-state index is 13.1. The van der Waals surface area contributed by atoms with E-state index in [1.165, 1.54) is 23.8 Å². The third kappa shape index (κ3) is 6.27. The zero-order chi connectivity index (χ0) is 26.7. The molecule has 10 heteroatoms. The Hall–Kier alpha value is -3.04. The van der Waals surface area contributed by atoms with Crippen molar-refractivity contribution in [3.63, 3.8) is 0 Å². The van der Waals surface area contributed by atoms with Crippen LogP contribution >= 0.6 is 47.2 Å². The lowest BCUT2D eigenvalue weighted by atomic mass is 10.1. The molecular formula is C27H22Cl2N2O4S2. The first kappa shape index (κ1) is 27.0. The van der Waals surface area contributed by atoms with E-state index in [0.717, 1.165) is 11.1 Å². The summed E-state index contributed by atoms with van der Waals surface area (Å²) in [4.78, 5) is 27.4. The number of ether oxygens (including phenoxy) is 2. The van der Waals surface area contributed by atoms with E-state index in [1.807, 2.05) is 32.0 Å². The first-order valence-corrected chi connectivity index (χ1v) is 13.1. The zero-order valence-corrected chi connectivity index (χ0v) is 23.3. The van der Waals surface area contributed by atoms with E-state index in [2.05, 4.69) is 5.32 Å². The molecule has 1 saturated heterocycles. The number of thioether (sulfide) groups is 1. The SMILES string of the molecule is COc1cc(/C=C2\SC(=S)N(c3ccc(C)c(Cl)c3)C2=O)ccc1OCC(=O)Nc1cc(Cl)ccc1C. The molecule has 0 saturated carbocycles. The van der Waals surface area contributed by atoms with Crippen LogP contribution in [0.3, 0.4) is 0 Å². The number of thiocarbonyl (C=S) groups is 1. The lowest BCUT2D eigenvalue weighted by Gasteiger charge is -2.15. The van der Waals surface area contributed by atoms with Crippen LogP contribution in [0.5, 0.6) is 11.5 Å². The highest BCUT2D eigenvalue weighted by Gasteiger charge is 2.33. The number of hydrogen-bond acceptors (Lipinski definition) is 6. The number of nitrogens with zero attached hydrogens (tertiary/aromatic N) is 1. The average molecular weight is 574 g/mol. The van der Waals surface area contributed by atoms with Crippen molar-refractivity contribution in [1.82, 2.24) is 0 Å². The van der Waals surface area contributed by atoms with Gasteiger partial charge < -0.3 is 14.8 Å². The van der Waals surface area contributed by atoms with Crippen LogP contribution in [0.1, 0.15) is 16.7 Å². The minimum absolute atomic E-state index is 0.223. The van der Waals surface area contributed by atoms with E-state index in [4.69, 9.17) is 44.9 Å². The van der Waals surface area contributed by atoms with Gasteiger partial charge in [0.2, 0.25) is 0 Å². The molecule has 190 valence electrons. The Balaban J connectivity index is 1.46. The number of carbonyl (C=O) groups is 2. The monoisotopic (exact) mass is 572 g/mol. The topological polar surface area (TPSA) is 67.9 Å². The minimum Gasteiger partial charge on any atom is -0.493 e. The summed E-state index contributed by atoms with van der Waals surface area (Å²) in [6, 6.07) is 15.8. The van der Waals surface area contributed by atoms with Crippen molar-refractivity contribution in [1.29, 1.82) is 0 Å². The number of hydrogen-bond donors (Lipinski definition) is 1. The number of aryl methyl sites for hydroxylation is 2. The summed E-state index contributed by atoms with van der Waals surface area (Å²) < 4.78 is 11.6. The van der Waals surface area contributed by atoms with Gasteiger partial charge in [-0.1, -0.05) is 65.4 Å². The maximum absolute atomic E-state index is 13.1. The van der Waals surface area contributed by atoms with Gasteiger partial charge in [0.05, 0.1) is 17.7 Å². The summed E-state index contributed by atoms with van der Waals surface area (Å²) in [5.74, 6) is 0.235. The fraction of sp³-hybridized carbons (Fsp3) is 0.148. The molecule has 0 unspecified atom stereocenters. The summed E-state index contributed by atoms with van der Waals surface area (Å²) in [5.41, 5.74) is 3.75. The van der Waals surface area contributed by atoms with Gasteiger partial charge in [-0.3, -0.25) is 14.5 Å². The van der Waals surface area contributed by atoms with Gasteiger partial charge in [0, 0.05) is 15.7 Å². The van der Waals surface area contributed by atoms with Crippen LogP contribution in [-0.2, 0) is 9.59 Å². The number of carbonyl (C=O) groups excluding carboxylic acids is 2. The first-order chi connectivity index (χ1) is 17.7. The van der Waals surface area contributed by atoms with Gasteiger partial charge in [0.25, 0.3) is 11.8 Å². The van der Waals surface area contributed by atoms with Gasteiger partial charge in [0.15, 0.2) is 22.4 Å². The molecule has 0 bridgehead atoms. The second kappa shape index (κ2) is 11.6. The third-order valence-corrected chi connectivity index (χ3v) is 7.47. The second-order valence-electron chi connectivity index (χ2n) is 8.16. The molecule has 0 aromatic heterocycles. The Morgan fingerprint density at radius 3 is 2.54 bits per heavy atom. The molecule has 1 heterocycles. The fourth-order valence-corrected chi connectivity index (χ4v) is 5.16. The zero-order valence-electron chi connectivity index (χ0n) is 20.1. The maximum Gasteiger partial charge on any atom is 0.270 e. The molecule has 6 nitrogen and oxygen atoms in total. The lowest BCUT2D eigenvalue weighted by molar-refractivity contribution is -0.118. The van der Waals surface area contributed by atoms with Gasteiger partial charge in [-0.25, -0.2) is 0 Å². The molecule has 1 fully saturated rings. The van der Waals surface area contributed by atoms with Gasteiger partial charge >= 0.3 is 0 Å². The molecule has 3 aromatic carbocycles. The molecule has 3 aromatic rings. The molecule has 0 spiro atoms. The van der Waals surface area contributed by atoms with Crippen molar-refractivity contribution in [3.05, 3.63) is 86.2 Å². The molecule has 2 amide bonds. The molecule has 4 rings (SSSR count). The predicted molar refractivity (Wildman–Crippen MR) is 155 cm³/mol. The number of amides is 2. The van der Waals surface area contributed by atoms with Crippen LogP contribution in [0.4, 0.5) is 11.4 Å². The Kier molecular flexibility index (Phi) is 8.44. The number of nitrogens with one attached hydrogen (secondary N) is 1. The molecular weight excluding hydrogens is 551 g/mol. The van der Waals surface area contributed by atoms with Crippen LogP contribution < -0.4 is 19.7 Å². The molecule has 1 aliphatic rings. The van der Waals surface area contributed by atoms with E-state index >= 15 is 0 Å². The number of benzene rings is 3. The highest BCUT2D eigenvalue weighted by atomic mass is 35.5. The molecule has 0 atom stereocenters. The Morgan fingerprint density at radius 1 is 1.05 bits per heavy atom. The number of anilines is 2. The Labute approximate surface area is 234 Å². The van der Waals surface area contributed by atoms with Crippen molar-refractivity contribution in [2.45, 2.75) is 13.8 Å². The standard InChI is InChI=1S/C27H22Cl2N2O4S2/c1-15-5-8-19(13-20(15)29)31-26(33)24(37-27(31)36)11-17-6-9-22(23(10-17)34-3)35-14-25(32)30-21-12-18(28)7-4-16(21)2/h4-13H,14H2,1-3H3,(H,30,32)/b24-11-. The van der Waals surface area contributed by atoms with Gasteiger partial charge in [0.1, 0.15) is 0 Å². The molecule has 1 N–H and O–H groups in total. The van der Waals surface area contributed by atoms with Crippen LogP contribution in [0.15, 0.2) is 59.5 Å². The largest absolute Gasteiger partial charge is 0.493 e. The smallest absolute Gasteiger partial charge is 0.270 e. The number of methoxy groups -OCH3 is 1. The Morgan fingerprint density at radius 2 is 1.81 bits per heavy atom. The highest BCUT2D eigenvalue weighted by molar-refractivity contribution is 8.27. The van der Waals surface area contributed by atoms with Gasteiger partial charge in [-0.15, -0.1) is 0 Å². The highest BCUT2D eigenvalue weighted by Crippen LogP contribution is 2.38.